The first-order valence-corrected chi connectivity index (χ1v) is 16.4. The van der Waals surface area contributed by atoms with E-state index in [0.29, 0.717) is 0 Å². The molecule has 1 aliphatic rings. The number of ether oxygens (including phenoxy) is 2. The Kier molecular flexibility index (Phi) is 6.59. The Bertz CT molecular complexity index is 2350. The van der Waals surface area contributed by atoms with Gasteiger partial charge in [0.15, 0.2) is 5.60 Å². The normalized spacial score (nSPS) is 16.0. The van der Waals surface area contributed by atoms with Crippen molar-refractivity contribution in [3.63, 3.8) is 0 Å². The zero-order valence-electron chi connectivity index (χ0n) is 27.9. The lowest BCUT2D eigenvalue weighted by atomic mass is 9.82. The molecule has 7 aromatic rings. The lowest BCUT2D eigenvalue weighted by Crippen LogP contribution is -2.34. The molecule has 1 unspecified atom stereocenters. The van der Waals surface area contributed by atoms with Gasteiger partial charge in [0.1, 0.15) is 11.5 Å². The fourth-order valence-corrected chi connectivity index (χ4v) is 7.28. The van der Waals surface area contributed by atoms with Crippen LogP contribution in [0.5, 0.6) is 11.5 Å². The van der Waals surface area contributed by atoms with Gasteiger partial charge in [-0.2, -0.15) is 0 Å². The van der Waals surface area contributed by atoms with Crippen LogP contribution in [0.25, 0.3) is 44.3 Å². The minimum absolute atomic E-state index is 0.0189. The zero-order chi connectivity index (χ0) is 32.5. The van der Waals surface area contributed by atoms with Crippen molar-refractivity contribution in [1.29, 1.82) is 0 Å². The third-order valence-electron chi connectivity index (χ3n) is 9.75. The molecule has 3 nitrogen and oxygen atoms in total. The maximum atomic E-state index is 7.49. The molecule has 1 aromatic heterocycles. The molecule has 3 heteroatoms. The van der Waals surface area contributed by atoms with Gasteiger partial charge in [0.05, 0.1) is 18.1 Å². The van der Waals surface area contributed by atoms with Crippen molar-refractivity contribution in [2.75, 3.05) is 7.11 Å². The fourth-order valence-electron chi connectivity index (χ4n) is 7.28. The van der Waals surface area contributed by atoms with E-state index < -0.39 is 5.60 Å². The van der Waals surface area contributed by atoms with Crippen molar-refractivity contribution in [2.24, 2.45) is 0 Å². The number of nitrogens with zero attached hydrogens (tertiary/aromatic N) is 1. The van der Waals surface area contributed by atoms with Crippen molar-refractivity contribution in [3.8, 4) is 17.2 Å². The Morgan fingerprint density at radius 1 is 0.681 bits per heavy atom. The molecule has 0 spiro atoms. The molecule has 1 atom stereocenters. The molecule has 0 bridgehead atoms. The monoisotopic (exact) mass is 613 g/mol. The van der Waals surface area contributed by atoms with E-state index in [9.17, 15) is 0 Å². The predicted molar refractivity (Wildman–Crippen MR) is 196 cm³/mol. The molecule has 6 aromatic carbocycles. The van der Waals surface area contributed by atoms with Crippen molar-refractivity contribution in [3.05, 3.63) is 155 Å². The highest BCUT2D eigenvalue weighted by molar-refractivity contribution is 6.25. The second kappa shape index (κ2) is 10.6. The van der Waals surface area contributed by atoms with E-state index in [1.807, 2.05) is 12.1 Å². The van der Waals surface area contributed by atoms with Gasteiger partial charge in [-0.1, -0.05) is 105 Å². The van der Waals surface area contributed by atoms with Crippen molar-refractivity contribution >= 4 is 38.7 Å². The number of hydrogen-bond acceptors (Lipinski definition) is 2. The van der Waals surface area contributed by atoms with Gasteiger partial charge in [-0.25, -0.2) is 0 Å². The molecule has 1 aliphatic heterocycles. The Morgan fingerprint density at radius 2 is 1.38 bits per heavy atom. The Labute approximate surface area is 276 Å². The van der Waals surface area contributed by atoms with Gasteiger partial charge in [0, 0.05) is 38.5 Å². The highest BCUT2D eigenvalue weighted by Gasteiger charge is 2.39. The Hall–Kier alpha value is -5.28. The average Bonchev–Trinajstić information content (AvgIpc) is 3.42. The van der Waals surface area contributed by atoms with E-state index in [-0.39, 0.29) is 5.41 Å². The number of rotatable bonds is 4. The van der Waals surface area contributed by atoms with Crippen LogP contribution in [-0.2, 0) is 11.0 Å². The maximum absolute atomic E-state index is 7.49. The molecule has 2 heterocycles. The van der Waals surface area contributed by atoms with Crippen molar-refractivity contribution in [2.45, 2.75) is 45.6 Å². The zero-order valence-corrected chi connectivity index (χ0v) is 27.9. The summed E-state index contributed by atoms with van der Waals surface area (Å²) < 4.78 is 15.5. The van der Waals surface area contributed by atoms with Gasteiger partial charge in [0.25, 0.3) is 0 Å². The lowest BCUT2D eigenvalue weighted by Gasteiger charge is -2.37. The number of methoxy groups -OCH3 is 1. The highest BCUT2D eigenvalue weighted by Crippen LogP contribution is 2.51. The molecule has 0 saturated carbocycles. The summed E-state index contributed by atoms with van der Waals surface area (Å²) in [4.78, 5) is 0. The molecular weight excluding hydrogens is 574 g/mol. The molecule has 0 amide bonds. The molecule has 0 fully saturated rings. The lowest BCUT2D eigenvalue weighted by molar-refractivity contribution is 0.164. The summed E-state index contributed by atoms with van der Waals surface area (Å²) >= 11 is 0. The molecule has 0 N–H and O–H groups in total. The summed E-state index contributed by atoms with van der Waals surface area (Å²) in [6, 6.07) is 41.5. The second-order valence-electron chi connectivity index (χ2n) is 13.9. The highest BCUT2D eigenvalue weighted by atomic mass is 16.5. The first-order chi connectivity index (χ1) is 22.7. The van der Waals surface area contributed by atoms with E-state index in [4.69, 9.17) is 9.47 Å². The molecule has 0 saturated heterocycles. The number of aromatic nitrogens is 1. The minimum Gasteiger partial charge on any atom is -0.497 e. The Morgan fingerprint density at radius 3 is 2.11 bits per heavy atom. The minimum atomic E-state index is -0.829. The van der Waals surface area contributed by atoms with Crippen molar-refractivity contribution < 1.29 is 9.47 Å². The van der Waals surface area contributed by atoms with Crippen LogP contribution in [0.2, 0.25) is 0 Å². The van der Waals surface area contributed by atoms with Gasteiger partial charge < -0.3 is 14.0 Å². The van der Waals surface area contributed by atoms with E-state index >= 15 is 0 Å². The summed E-state index contributed by atoms with van der Waals surface area (Å²) in [6.07, 6.45) is 4.54. The summed E-state index contributed by atoms with van der Waals surface area (Å²) in [5, 5.41) is 4.80. The number of hydrogen-bond donors (Lipinski definition) is 0. The van der Waals surface area contributed by atoms with Crippen LogP contribution in [0.4, 0.5) is 0 Å². The molecule has 0 radical (unpaired) electrons. The first-order valence-electron chi connectivity index (χ1n) is 16.4. The number of benzene rings is 6. The largest absolute Gasteiger partial charge is 0.497 e. The third-order valence-corrected chi connectivity index (χ3v) is 9.75. The van der Waals surface area contributed by atoms with Crippen molar-refractivity contribution in [1.82, 2.24) is 4.57 Å². The Balaban J connectivity index is 1.51. The van der Waals surface area contributed by atoms with Crippen LogP contribution in [0.1, 0.15) is 54.2 Å². The van der Waals surface area contributed by atoms with Gasteiger partial charge >= 0.3 is 0 Å². The summed E-state index contributed by atoms with van der Waals surface area (Å²) in [5.74, 6) is 1.71. The van der Waals surface area contributed by atoms with E-state index in [1.54, 1.807) is 7.11 Å². The fraction of sp³-hybridized carbons (Fsp3) is 0.182. The molecule has 232 valence electrons. The van der Waals surface area contributed by atoms with E-state index in [2.05, 4.69) is 154 Å². The molecule has 0 aliphatic carbocycles. The van der Waals surface area contributed by atoms with Gasteiger partial charge in [-0.3, -0.25) is 0 Å². The van der Waals surface area contributed by atoms with Gasteiger partial charge in [0.2, 0.25) is 0 Å². The molecule has 8 rings (SSSR count). The van der Waals surface area contributed by atoms with Crippen LogP contribution in [0.15, 0.2) is 121 Å². The summed E-state index contributed by atoms with van der Waals surface area (Å²) in [5.41, 5.74) is 9.64. The molecule has 47 heavy (non-hydrogen) atoms. The van der Waals surface area contributed by atoms with E-state index in [0.717, 1.165) is 44.8 Å². The topological polar surface area (TPSA) is 23.4 Å². The van der Waals surface area contributed by atoms with Crippen LogP contribution in [-0.4, -0.2) is 11.7 Å². The maximum Gasteiger partial charge on any atom is 0.178 e. The van der Waals surface area contributed by atoms with Crippen LogP contribution in [0.3, 0.4) is 0 Å². The average molecular weight is 614 g/mol. The standard InChI is InChI=1S/C44H39NO2/c1-28-15-21-35-38(25-28)42-37(23-24-44(47-42,30-11-8-7-9-12-30)31-17-19-34(46-6)20-18-31)41-40(35)36-22-16-29(2)26-39(36)45(41)33-14-10-13-32(27-33)43(3,4)5/h7-27H,1-6H3. The van der Waals surface area contributed by atoms with Crippen LogP contribution >= 0.6 is 0 Å². The summed E-state index contributed by atoms with van der Waals surface area (Å²) in [6.45, 7) is 11.2. The third kappa shape index (κ3) is 4.56. The quantitative estimate of drug-likeness (QED) is 0.197. The molecular formula is C44H39NO2. The van der Waals surface area contributed by atoms with Gasteiger partial charge in [-0.05, 0) is 84.3 Å². The SMILES string of the molecule is COc1ccc(C2(c3ccccc3)C=Cc3c(c4cc(C)ccc4c4c5ccc(C)cc5n(-c5cccc(C(C)(C)C)c5)c34)O2)cc1. The van der Waals surface area contributed by atoms with Crippen LogP contribution < -0.4 is 9.47 Å². The van der Waals surface area contributed by atoms with Crippen LogP contribution in [0, 0.1) is 13.8 Å². The number of fused-ring (bicyclic) bond motifs is 8. The predicted octanol–water partition coefficient (Wildman–Crippen LogP) is 11.2. The first kappa shape index (κ1) is 29.1. The number of aryl methyl sites for hydroxylation is 2. The second-order valence-corrected chi connectivity index (χ2v) is 13.9. The smallest absolute Gasteiger partial charge is 0.178 e. The van der Waals surface area contributed by atoms with E-state index in [1.165, 1.54) is 38.4 Å². The summed E-state index contributed by atoms with van der Waals surface area (Å²) in [7, 11) is 1.70. The van der Waals surface area contributed by atoms with Gasteiger partial charge in [-0.15, -0.1) is 0 Å².